The van der Waals surface area contributed by atoms with E-state index in [4.69, 9.17) is 9.57 Å². The fourth-order valence-electron chi connectivity index (χ4n) is 3.41. The lowest BCUT2D eigenvalue weighted by atomic mass is 9.86. The minimum Gasteiger partial charge on any atom is -0.456 e. The Morgan fingerprint density at radius 1 is 1.03 bits per heavy atom. The molecule has 1 unspecified atom stereocenters. The highest BCUT2D eigenvalue weighted by Crippen LogP contribution is 2.49. The second kappa shape index (κ2) is 8.52. The quantitative estimate of drug-likeness (QED) is 0.367. The average Bonchev–Trinajstić information content (AvgIpc) is 3.12. The van der Waals surface area contributed by atoms with E-state index in [-0.39, 0.29) is 16.8 Å². The van der Waals surface area contributed by atoms with Crippen molar-refractivity contribution in [2.45, 2.75) is 57.9 Å². The minimum absolute atomic E-state index is 0.0849. The average molecular weight is 489 g/mol. The van der Waals surface area contributed by atoms with Gasteiger partial charge in [-0.25, -0.2) is 4.79 Å². The van der Waals surface area contributed by atoms with Crippen LogP contribution in [0.25, 0.3) is 0 Å². The minimum atomic E-state index is -5.07. The molecule has 0 aromatic heterocycles. The molecule has 5 nitrogen and oxygen atoms in total. The van der Waals surface area contributed by atoms with Crippen LogP contribution in [0.5, 0.6) is 5.75 Å². The number of aryl methyl sites for hydroxylation is 1. The summed E-state index contributed by atoms with van der Waals surface area (Å²) in [5, 5.41) is 3.60. The largest absolute Gasteiger partial charge is 0.573 e. The Kier molecular flexibility index (Phi) is 6.36. The highest BCUT2D eigenvalue weighted by molar-refractivity contribution is 6.03. The first-order valence-electron chi connectivity index (χ1n) is 10.0. The van der Waals surface area contributed by atoms with Gasteiger partial charge in [-0.1, -0.05) is 23.4 Å². The molecule has 0 amide bonds. The summed E-state index contributed by atoms with van der Waals surface area (Å²) in [6, 6.07) is 7.79. The van der Waals surface area contributed by atoms with Crippen molar-refractivity contribution in [2.24, 2.45) is 5.16 Å². The number of esters is 1. The second-order valence-electron chi connectivity index (χ2n) is 8.74. The molecular formula is C23H21F6NO4. The lowest BCUT2D eigenvalue weighted by Gasteiger charge is -2.29. The standard InChI is InChI=1S/C23H21F6NO4/c1-13-10-14(8-9-17(13)19(31)33-20(2,3)4)18-12-21(34-30-18,22(24,25)26)15-6-5-7-16(11-15)32-23(27,28)29/h5-11H,12H2,1-4H3. The molecule has 1 aliphatic heterocycles. The number of carbonyl (C=O) groups is 1. The van der Waals surface area contributed by atoms with Gasteiger partial charge in [-0.15, -0.1) is 13.2 Å². The topological polar surface area (TPSA) is 57.1 Å². The van der Waals surface area contributed by atoms with Gasteiger partial charge in [0.1, 0.15) is 11.4 Å². The number of ether oxygens (including phenoxy) is 2. The molecule has 0 N–H and O–H groups in total. The van der Waals surface area contributed by atoms with Gasteiger partial charge in [0.2, 0.25) is 0 Å². The van der Waals surface area contributed by atoms with Crippen molar-refractivity contribution >= 4 is 11.7 Å². The van der Waals surface area contributed by atoms with E-state index in [0.717, 1.165) is 18.2 Å². The van der Waals surface area contributed by atoms with Crippen molar-refractivity contribution in [3.8, 4) is 5.75 Å². The highest BCUT2D eigenvalue weighted by atomic mass is 19.4. The fourth-order valence-corrected chi connectivity index (χ4v) is 3.41. The molecule has 1 aliphatic rings. The van der Waals surface area contributed by atoms with Gasteiger partial charge in [-0.2, -0.15) is 13.2 Å². The molecule has 34 heavy (non-hydrogen) atoms. The monoisotopic (exact) mass is 489 g/mol. The second-order valence-corrected chi connectivity index (χ2v) is 8.74. The van der Waals surface area contributed by atoms with Crippen molar-refractivity contribution < 1.29 is 45.4 Å². The van der Waals surface area contributed by atoms with E-state index in [1.54, 1.807) is 27.7 Å². The van der Waals surface area contributed by atoms with Gasteiger partial charge in [0.05, 0.1) is 11.3 Å². The van der Waals surface area contributed by atoms with Crippen LogP contribution >= 0.6 is 0 Å². The molecule has 184 valence electrons. The van der Waals surface area contributed by atoms with Gasteiger partial charge in [-0.3, -0.25) is 0 Å². The van der Waals surface area contributed by atoms with E-state index in [1.165, 1.54) is 18.2 Å². The van der Waals surface area contributed by atoms with Crippen LogP contribution < -0.4 is 4.74 Å². The first-order chi connectivity index (χ1) is 15.5. The maximum absolute atomic E-state index is 14.1. The molecule has 1 atom stereocenters. The number of benzene rings is 2. The Hall–Kier alpha value is -3.24. The summed E-state index contributed by atoms with van der Waals surface area (Å²) in [7, 11) is 0. The summed E-state index contributed by atoms with van der Waals surface area (Å²) in [4.78, 5) is 17.2. The molecule has 1 heterocycles. The van der Waals surface area contributed by atoms with E-state index >= 15 is 0 Å². The van der Waals surface area contributed by atoms with E-state index in [9.17, 15) is 31.1 Å². The first kappa shape index (κ1) is 25.4. The molecule has 0 radical (unpaired) electrons. The van der Waals surface area contributed by atoms with E-state index in [1.807, 2.05) is 0 Å². The van der Waals surface area contributed by atoms with Gasteiger partial charge >= 0.3 is 18.5 Å². The molecule has 11 heteroatoms. The summed E-state index contributed by atoms with van der Waals surface area (Å²) in [5.74, 6) is -1.41. The zero-order valence-electron chi connectivity index (χ0n) is 18.6. The summed E-state index contributed by atoms with van der Waals surface area (Å²) in [6.07, 6.45) is -10.9. The number of nitrogens with zero attached hydrogens (tertiary/aromatic N) is 1. The van der Waals surface area contributed by atoms with E-state index < -0.39 is 47.4 Å². The van der Waals surface area contributed by atoms with Crippen LogP contribution in [0.3, 0.4) is 0 Å². The number of rotatable bonds is 4. The Labute approximate surface area is 191 Å². The maximum atomic E-state index is 14.1. The molecule has 0 spiro atoms. The van der Waals surface area contributed by atoms with Crippen LogP contribution in [0.2, 0.25) is 0 Å². The predicted molar refractivity (Wildman–Crippen MR) is 109 cm³/mol. The molecular weight excluding hydrogens is 468 g/mol. The maximum Gasteiger partial charge on any atom is 0.573 e. The Bertz CT molecular complexity index is 1120. The first-order valence-corrected chi connectivity index (χ1v) is 10.0. The van der Waals surface area contributed by atoms with Crippen LogP contribution in [0, 0.1) is 6.92 Å². The summed E-state index contributed by atoms with van der Waals surface area (Å²) in [6.45, 7) is 6.69. The number of hydrogen-bond acceptors (Lipinski definition) is 5. The SMILES string of the molecule is Cc1cc(C2=NOC(c3cccc(OC(F)(F)F)c3)(C(F)(F)F)C2)ccc1C(=O)OC(C)(C)C. The number of carbonyl (C=O) groups excluding carboxylic acids is 1. The molecule has 0 fully saturated rings. The molecule has 0 aliphatic carbocycles. The summed E-state index contributed by atoms with van der Waals surface area (Å²) >= 11 is 0. The normalized spacial score (nSPS) is 18.8. The van der Waals surface area contributed by atoms with Crippen molar-refractivity contribution in [1.29, 1.82) is 0 Å². The third-order valence-corrected chi connectivity index (χ3v) is 4.90. The summed E-state index contributed by atoms with van der Waals surface area (Å²) in [5.41, 5.74) is -3.48. The molecule has 0 saturated carbocycles. The number of hydrogen-bond donors (Lipinski definition) is 0. The smallest absolute Gasteiger partial charge is 0.456 e. The van der Waals surface area contributed by atoms with Crippen LogP contribution in [0.15, 0.2) is 47.6 Å². The number of oxime groups is 1. The van der Waals surface area contributed by atoms with Crippen LogP contribution in [0.4, 0.5) is 26.3 Å². The zero-order valence-corrected chi connectivity index (χ0v) is 18.6. The van der Waals surface area contributed by atoms with Gasteiger partial charge in [0.25, 0.3) is 5.60 Å². The summed E-state index contributed by atoms with van der Waals surface area (Å²) < 4.78 is 89.2. The third-order valence-electron chi connectivity index (χ3n) is 4.90. The number of alkyl halides is 6. The molecule has 0 saturated heterocycles. The van der Waals surface area contributed by atoms with Crippen LogP contribution in [-0.4, -0.2) is 29.8 Å². The molecule has 3 rings (SSSR count). The van der Waals surface area contributed by atoms with E-state index in [2.05, 4.69) is 9.89 Å². The zero-order chi connectivity index (χ0) is 25.5. The third kappa shape index (κ3) is 5.45. The molecule has 0 bridgehead atoms. The van der Waals surface area contributed by atoms with E-state index in [0.29, 0.717) is 11.6 Å². The van der Waals surface area contributed by atoms with Gasteiger partial charge < -0.3 is 14.3 Å². The molecule has 2 aromatic rings. The Morgan fingerprint density at radius 2 is 1.71 bits per heavy atom. The Morgan fingerprint density at radius 3 is 2.26 bits per heavy atom. The lowest BCUT2D eigenvalue weighted by Crippen LogP contribution is -2.42. The van der Waals surface area contributed by atoms with Gasteiger partial charge in [0.15, 0.2) is 0 Å². The van der Waals surface area contributed by atoms with Gasteiger partial charge in [0, 0.05) is 12.0 Å². The van der Waals surface area contributed by atoms with Crippen molar-refractivity contribution in [3.63, 3.8) is 0 Å². The molecule has 2 aromatic carbocycles. The lowest BCUT2D eigenvalue weighted by molar-refractivity contribution is -0.277. The Balaban J connectivity index is 1.92. The van der Waals surface area contributed by atoms with Crippen LogP contribution in [-0.2, 0) is 15.2 Å². The fraction of sp³-hybridized carbons (Fsp3) is 0.391. The predicted octanol–water partition coefficient (Wildman–Crippen LogP) is 6.43. The van der Waals surface area contributed by atoms with Gasteiger partial charge in [-0.05, 0) is 63.1 Å². The highest BCUT2D eigenvalue weighted by Gasteiger charge is 2.62. The number of halogens is 6. The van der Waals surface area contributed by atoms with Crippen molar-refractivity contribution in [2.75, 3.05) is 0 Å². The van der Waals surface area contributed by atoms with Crippen LogP contribution in [0.1, 0.15) is 54.2 Å². The van der Waals surface area contributed by atoms with Crippen molar-refractivity contribution in [1.82, 2.24) is 0 Å². The van der Waals surface area contributed by atoms with Crippen molar-refractivity contribution in [3.05, 3.63) is 64.7 Å².